The van der Waals surface area contributed by atoms with Gasteiger partial charge >= 0.3 is 0 Å². The predicted molar refractivity (Wildman–Crippen MR) is 115 cm³/mol. The number of nitrogens with one attached hydrogen (secondary N) is 1. The van der Waals surface area contributed by atoms with Crippen molar-refractivity contribution in [3.63, 3.8) is 0 Å². The average molecular weight is 420 g/mol. The Hall–Kier alpha value is -0.730. The van der Waals surface area contributed by atoms with Crippen LogP contribution < -0.4 is 5.32 Å². The second-order valence-corrected chi connectivity index (χ2v) is 8.32. The molecule has 4 atom stereocenters. The van der Waals surface area contributed by atoms with Gasteiger partial charge in [0, 0.05) is 13.0 Å². The highest BCUT2D eigenvalue weighted by atomic mass is 16.5. The van der Waals surface area contributed by atoms with Gasteiger partial charge in [0.25, 0.3) is 0 Å². The normalized spacial score (nSPS) is 15.9. The summed E-state index contributed by atoms with van der Waals surface area (Å²) in [4.78, 5) is 12.3. The van der Waals surface area contributed by atoms with Crippen LogP contribution >= 0.6 is 0 Å². The third-order valence-corrected chi connectivity index (χ3v) is 5.21. The molecule has 0 aromatic heterocycles. The van der Waals surface area contributed by atoms with Crippen LogP contribution in [0.15, 0.2) is 0 Å². The monoisotopic (exact) mass is 419 g/mol. The van der Waals surface area contributed by atoms with Crippen LogP contribution in [0, 0.1) is 5.92 Å². The van der Waals surface area contributed by atoms with E-state index in [-0.39, 0.29) is 31.6 Å². The standard InChI is InChI=1S/C22H45NO6/c1-17(2)22(29-20(16-26)18(3)27)19(15-25)23-21(28)13-11-9-7-5-4-6-8-10-12-14-24/h17-20,22,24-27H,4-16H2,1-3H3,(H,23,28)/t18-,19-,20?,22?/m0/s1. The van der Waals surface area contributed by atoms with Crippen molar-refractivity contribution >= 4 is 5.91 Å². The molecule has 0 aliphatic carbocycles. The number of carbonyl (C=O) groups excluding carboxylic acids is 1. The van der Waals surface area contributed by atoms with Crippen LogP contribution in [0.25, 0.3) is 0 Å². The number of unbranched alkanes of at least 4 members (excludes halogenated alkanes) is 8. The molecule has 7 nitrogen and oxygen atoms in total. The van der Waals surface area contributed by atoms with Crippen LogP contribution in [-0.4, -0.2) is 70.5 Å². The summed E-state index contributed by atoms with van der Waals surface area (Å²) in [5, 5.41) is 40.4. The van der Waals surface area contributed by atoms with Gasteiger partial charge in [0.15, 0.2) is 0 Å². The quantitative estimate of drug-likeness (QED) is 0.205. The Labute approximate surface area is 176 Å². The van der Waals surface area contributed by atoms with E-state index >= 15 is 0 Å². The van der Waals surface area contributed by atoms with Crippen molar-refractivity contribution in [1.29, 1.82) is 0 Å². The number of amides is 1. The molecule has 1 amide bonds. The van der Waals surface area contributed by atoms with Crippen LogP contribution in [0.3, 0.4) is 0 Å². The van der Waals surface area contributed by atoms with E-state index in [1.165, 1.54) is 25.7 Å². The first-order chi connectivity index (χ1) is 13.9. The number of aliphatic hydroxyl groups is 4. The Balaban J connectivity index is 4.16. The van der Waals surface area contributed by atoms with Crippen LogP contribution in [0.5, 0.6) is 0 Å². The van der Waals surface area contributed by atoms with Gasteiger partial charge in [-0.3, -0.25) is 4.79 Å². The summed E-state index contributed by atoms with van der Waals surface area (Å²) >= 11 is 0. The molecule has 0 aliphatic heterocycles. The fourth-order valence-corrected chi connectivity index (χ4v) is 3.37. The average Bonchev–Trinajstić information content (AvgIpc) is 2.68. The zero-order valence-corrected chi connectivity index (χ0v) is 18.7. The predicted octanol–water partition coefficient (Wildman–Crippen LogP) is 2.14. The van der Waals surface area contributed by atoms with E-state index in [2.05, 4.69) is 5.32 Å². The third kappa shape index (κ3) is 14.0. The second kappa shape index (κ2) is 18.1. The Kier molecular flexibility index (Phi) is 17.6. The maximum Gasteiger partial charge on any atom is 0.220 e. The minimum absolute atomic E-state index is 0.00220. The molecule has 0 radical (unpaired) electrons. The van der Waals surface area contributed by atoms with E-state index in [4.69, 9.17) is 9.84 Å². The second-order valence-electron chi connectivity index (χ2n) is 8.32. The molecular formula is C22H45NO6. The molecule has 5 N–H and O–H groups in total. The van der Waals surface area contributed by atoms with Crippen molar-refractivity contribution in [3.05, 3.63) is 0 Å². The molecule has 0 saturated carbocycles. The zero-order valence-electron chi connectivity index (χ0n) is 18.7. The largest absolute Gasteiger partial charge is 0.396 e. The van der Waals surface area contributed by atoms with Gasteiger partial charge in [0.1, 0.15) is 6.10 Å². The fourth-order valence-electron chi connectivity index (χ4n) is 3.37. The molecular weight excluding hydrogens is 374 g/mol. The number of carbonyl (C=O) groups is 1. The lowest BCUT2D eigenvalue weighted by atomic mass is 9.98. The van der Waals surface area contributed by atoms with Gasteiger partial charge in [-0.15, -0.1) is 0 Å². The van der Waals surface area contributed by atoms with Crippen molar-refractivity contribution < 1.29 is 30.0 Å². The highest BCUT2D eigenvalue weighted by Crippen LogP contribution is 2.16. The van der Waals surface area contributed by atoms with Crippen molar-refractivity contribution in [1.82, 2.24) is 5.32 Å². The molecule has 0 fully saturated rings. The first kappa shape index (κ1) is 28.3. The Morgan fingerprint density at radius 3 is 1.76 bits per heavy atom. The SMILES string of the molecule is CC(C)C(OC(CO)[C@H](C)O)[C@H](CO)NC(=O)CCCCCCCCCCCO. The van der Waals surface area contributed by atoms with E-state index in [1.54, 1.807) is 6.92 Å². The lowest BCUT2D eigenvalue weighted by molar-refractivity contribution is -0.133. The maximum absolute atomic E-state index is 12.3. The van der Waals surface area contributed by atoms with Crippen LogP contribution in [-0.2, 0) is 9.53 Å². The molecule has 29 heavy (non-hydrogen) atoms. The zero-order chi connectivity index (χ0) is 22.1. The molecule has 2 unspecified atom stereocenters. The smallest absolute Gasteiger partial charge is 0.220 e. The Morgan fingerprint density at radius 2 is 1.34 bits per heavy atom. The van der Waals surface area contributed by atoms with Crippen molar-refractivity contribution in [2.45, 2.75) is 109 Å². The van der Waals surface area contributed by atoms with Gasteiger partial charge in [-0.25, -0.2) is 0 Å². The molecule has 0 aromatic rings. The van der Waals surface area contributed by atoms with E-state index in [0.29, 0.717) is 6.42 Å². The molecule has 0 bridgehead atoms. The number of rotatable bonds is 19. The fraction of sp³-hybridized carbons (Fsp3) is 0.955. The van der Waals surface area contributed by atoms with E-state index < -0.39 is 24.4 Å². The molecule has 0 spiro atoms. The lowest BCUT2D eigenvalue weighted by Crippen LogP contribution is -2.51. The van der Waals surface area contributed by atoms with Crippen molar-refractivity contribution in [2.75, 3.05) is 19.8 Å². The van der Waals surface area contributed by atoms with E-state index in [0.717, 1.165) is 32.1 Å². The van der Waals surface area contributed by atoms with Gasteiger partial charge in [-0.2, -0.15) is 0 Å². The first-order valence-electron chi connectivity index (χ1n) is 11.3. The maximum atomic E-state index is 12.3. The summed E-state index contributed by atoms with van der Waals surface area (Å²) in [6.45, 7) is 5.07. The number of ether oxygens (including phenoxy) is 1. The minimum atomic E-state index is -0.842. The number of hydrogen-bond acceptors (Lipinski definition) is 6. The lowest BCUT2D eigenvalue weighted by Gasteiger charge is -2.33. The summed E-state index contributed by atoms with van der Waals surface area (Å²) in [5.41, 5.74) is 0. The van der Waals surface area contributed by atoms with Crippen LogP contribution in [0.4, 0.5) is 0 Å². The molecule has 0 heterocycles. The summed E-state index contributed by atoms with van der Waals surface area (Å²) in [7, 11) is 0. The molecule has 0 aliphatic rings. The van der Waals surface area contributed by atoms with Gasteiger partial charge in [-0.1, -0.05) is 58.8 Å². The molecule has 174 valence electrons. The van der Waals surface area contributed by atoms with Gasteiger partial charge in [-0.05, 0) is 25.7 Å². The van der Waals surface area contributed by atoms with Crippen LogP contribution in [0.1, 0.15) is 85.0 Å². The van der Waals surface area contributed by atoms with Gasteiger partial charge in [0.2, 0.25) is 5.91 Å². The summed E-state index contributed by atoms with van der Waals surface area (Å²) in [6.07, 6.45) is 8.00. The van der Waals surface area contributed by atoms with E-state index in [1.807, 2.05) is 13.8 Å². The summed E-state index contributed by atoms with van der Waals surface area (Å²) in [5.74, 6) is -0.113. The molecule has 0 aromatic carbocycles. The van der Waals surface area contributed by atoms with E-state index in [9.17, 15) is 20.1 Å². The molecule has 7 heteroatoms. The van der Waals surface area contributed by atoms with Gasteiger partial charge < -0.3 is 30.5 Å². The topological polar surface area (TPSA) is 119 Å². The molecule has 0 rings (SSSR count). The molecule has 0 saturated heterocycles. The third-order valence-electron chi connectivity index (χ3n) is 5.21. The summed E-state index contributed by atoms with van der Waals surface area (Å²) in [6, 6.07) is -0.575. The number of hydrogen-bond donors (Lipinski definition) is 5. The van der Waals surface area contributed by atoms with Gasteiger partial charge in [0.05, 0.1) is 31.5 Å². The van der Waals surface area contributed by atoms with Crippen molar-refractivity contribution in [3.8, 4) is 0 Å². The Bertz CT molecular complexity index is 391. The Morgan fingerprint density at radius 1 is 0.828 bits per heavy atom. The number of aliphatic hydroxyl groups excluding tert-OH is 4. The highest BCUT2D eigenvalue weighted by molar-refractivity contribution is 5.76. The summed E-state index contributed by atoms with van der Waals surface area (Å²) < 4.78 is 5.79. The first-order valence-corrected chi connectivity index (χ1v) is 11.3. The minimum Gasteiger partial charge on any atom is -0.396 e. The van der Waals surface area contributed by atoms with Crippen molar-refractivity contribution in [2.24, 2.45) is 5.92 Å². The highest BCUT2D eigenvalue weighted by Gasteiger charge is 2.30. The van der Waals surface area contributed by atoms with Crippen LogP contribution in [0.2, 0.25) is 0 Å².